The molecule has 9 heterocycles. The van der Waals surface area contributed by atoms with E-state index in [1.165, 1.54) is 13.8 Å². The molecular formula is C60H96N6O38. The molecule has 35 unspecified atom stereocenters. The summed E-state index contributed by atoms with van der Waals surface area (Å²) in [6, 6.07) is -8.59. The second kappa shape index (κ2) is 34.8. The van der Waals surface area contributed by atoms with Crippen LogP contribution in [0.4, 0.5) is 0 Å². The number of aliphatic carboxylic acids is 2. The second-order valence-corrected chi connectivity index (χ2v) is 26.7. The molecule has 20 N–H and O–H groups in total. The highest BCUT2D eigenvalue weighted by atomic mass is 16.8. The summed E-state index contributed by atoms with van der Waals surface area (Å²) < 4.78 is 111. The van der Waals surface area contributed by atoms with Gasteiger partial charge >= 0.3 is 11.9 Å². The third kappa shape index (κ3) is 17.7. The molecule has 5 amide bonds. The van der Waals surface area contributed by atoms with Gasteiger partial charge in [-0.05, 0) is 13.8 Å². The zero-order chi connectivity index (χ0) is 76.5. The zero-order valence-electron chi connectivity index (χ0n) is 57.8. The first-order valence-electron chi connectivity index (χ1n) is 33.5. The molecule has 0 bridgehead atoms. The van der Waals surface area contributed by atoms with Gasteiger partial charge in [-0.25, -0.2) is 9.59 Å². The Balaban J connectivity index is 1.01. The maximum absolute atomic E-state index is 13.4. The summed E-state index contributed by atoms with van der Waals surface area (Å²) >= 11 is 0. The first-order chi connectivity index (χ1) is 49.0. The van der Waals surface area contributed by atoms with Crippen LogP contribution in [-0.2, 0) is 119 Å². The number of amides is 5. The average Bonchev–Trinajstić information content (AvgIpc) is 1.52. The number of fused-ring (bicyclic) bond motifs is 2. The third-order valence-corrected chi connectivity index (χ3v) is 19.0. The minimum Gasteiger partial charge on any atom is -0.477 e. The normalized spacial score (nSPS) is 46.6. The number of aliphatic hydroxyl groups is 11. The van der Waals surface area contributed by atoms with Crippen molar-refractivity contribution in [2.24, 2.45) is 5.73 Å². The lowest BCUT2D eigenvalue weighted by atomic mass is 9.93. The van der Waals surface area contributed by atoms with Crippen LogP contribution in [0.3, 0.4) is 0 Å². The zero-order valence-corrected chi connectivity index (χ0v) is 57.8. The van der Waals surface area contributed by atoms with Gasteiger partial charge in [-0.3, -0.25) is 24.0 Å². The Bertz CT molecular complexity index is 2960. The van der Waals surface area contributed by atoms with Gasteiger partial charge in [0.05, 0.1) is 51.8 Å². The van der Waals surface area contributed by atoms with Crippen molar-refractivity contribution in [3.05, 3.63) is 0 Å². The number of carbonyl (C=O) groups excluding carboxylic acids is 5. The second-order valence-electron chi connectivity index (χ2n) is 26.7. The van der Waals surface area contributed by atoms with Crippen LogP contribution in [0, 0.1) is 0 Å². The quantitative estimate of drug-likeness (QED) is 0.0363. The van der Waals surface area contributed by atoms with Crippen molar-refractivity contribution in [1.82, 2.24) is 26.6 Å². The lowest BCUT2D eigenvalue weighted by Crippen LogP contribution is -2.72. The summed E-state index contributed by atoms with van der Waals surface area (Å²) in [6.45, 7) is 4.78. The van der Waals surface area contributed by atoms with E-state index in [1.54, 1.807) is 0 Å². The van der Waals surface area contributed by atoms with Crippen LogP contribution in [0.2, 0.25) is 0 Å². The number of carboxylic acids is 2. The number of aliphatic hydroxyl groups excluding tert-OH is 11. The number of nitrogens with one attached hydrogen (secondary N) is 5. The molecular weight excluding hydrogens is 1410 g/mol. The van der Waals surface area contributed by atoms with Crippen molar-refractivity contribution < 1.29 is 185 Å². The standard InChI is InChI=1S/C60H96N6O38/c1-17-34(77)39(82)29(62-19(3)72)50(88-17)98-43-31(64-21(5)74)52(90-24(12-67)36(43)79)96-41-28(16-71)94-56(49-47(41)102-60(9,104-49)58(85)86)100-45-33(66-23(7)76)54(92-26(14-69)38(45)81)97-42-30(63-20(4)73)51(89-18(2)35(42)78)99-44-32(65-22(6)75)53(91-25(13-68)37(44)80)95-40-27(15-70)93-55(87-11-10-61)48-46(40)101-59(8,103-48)57(83)84/h17-18,24-56,67-71,77-82H,10-16,61H2,1-9H3,(H,62,72)(H,63,73)(H,64,74)(H,65,75)(H,66,76)(H,83,84)(H,85,86)/t17?,18?,24?,25?,26?,27?,28?,29?,30?,31?,32?,33?,34?,35?,36?,37?,38?,39?,40?,41?,42?,43?,44?,45?,46?,47?,48?,49?,50?,51?,52?,53?,54?,55?,56?,59-,60-/m0/s1. The maximum Gasteiger partial charge on any atom is 0.364 e. The average molecular weight is 1510 g/mol. The van der Waals surface area contributed by atoms with E-state index in [1.807, 2.05) is 0 Å². The van der Waals surface area contributed by atoms with E-state index in [0.717, 1.165) is 48.5 Å². The molecule has 9 aliphatic heterocycles. The highest BCUT2D eigenvalue weighted by Crippen LogP contribution is 2.45. The SMILES string of the molecule is CC(=O)NC1C(OC2C(O)C(CO)OC(OC3C(CO)OC(OC4C(O)C(CO)OC(OC5C(O)C(C)OC(OC6C(O)C(CO)OC(OC7C(CO)OC(OCCN)C8O[C@@](C)(C(=O)O)OC78)C6NC(C)=O)C5NC(C)=O)C4NC(C)=O)C4O[C@@](C)(C(=O)O)OC34)C2NC(C)=O)OC(C)C(O)C1O. The van der Waals surface area contributed by atoms with E-state index in [0.29, 0.717) is 0 Å². The van der Waals surface area contributed by atoms with Crippen LogP contribution in [0.25, 0.3) is 0 Å². The topological polar surface area (TPSA) is 635 Å². The Morgan fingerprint density at radius 3 is 0.962 bits per heavy atom. The molecule has 594 valence electrons. The molecule has 0 aliphatic carbocycles. The molecule has 0 aromatic rings. The summed E-state index contributed by atoms with van der Waals surface area (Å²) in [7, 11) is 0. The number of ether oxygens (including phenoxy) is 18. The monoisotopic (exact) mass is 1510 g/mol. The summed E-state index contributed by atoms with van der Waals surface area (Å²) in [4.78, 5) is 91.0. The molecule has 9 aliphatic rings. The van der Waals surface area contributed by atoms with Crippen molar-refractivity contribution in [1.29, 1.82) is 0 Å². The minimum absolute atomic E-state index is 0.0258. The minimum atomic E-state index is -2.66. The Labute approximate surface area is 592 Å². The smallest absolute Gasteiger partial charge is 0.364 e. The first kappa shape index (κ1) is 83.1. The Kier molecular flexibility index (Phi) is 27.8. The fourth-order valence-electron chi connectivity index (χ4n) is 14.0. The van der Waals surface area contributed by atoms with Gasteiger partial charge in [0.2, 0.25) is 29.5 Å². The highest BCUT2D eigenvalue weighted by molar-refractivity contribution is 5.77. The molecule has 0 aromatic heterocycles. The predicted molar refractivity (Wildman–Crippen MR) is 327 cm³/mol. The Morgan fingerprint density at radius 1 is 0.356 bits per heavy atom. The molecule has 0 spiro atoms. The van der Waals surface area contributed by atoms with Gasteiger partial charge in [-0.1, -0.05) is 0 Å². The molecule has 0 radical (unpaired) electrons. The van der Waals surface area contributed by atoms with E-state index in [4.69, 9.17) is 91.0 Å². The predicted octanol–water partition coefficient (Wildman–Crippen LogP) is -11.8. The molecule has 9 fully saturated rings. The summed E-state index contributed by atoms with van der Waals surface area (Å²) in [5, 5.41) is 157. The molecule has 44 nitrogen and oxygen atoms in total. The Hall–Kier alpha value is -4.91. The summed E-state index contributed by atoms with van der Waals surface area (Å²) in [5.41, 5.74) is 5.67. The number of nitrogens with two attached hydrogens (primary N) is 1. The maximum atomic E-state index is 13.4. The number of carbonyl (C=O) groups is 7. The molecule has 9 saturated heterocycles. The molecule has 44 heteroatoms. The van der Waals surface area contributed by atoms with Crippen LogP contribution in [0.1, 0.15) is 62.3 Å². The van der Waals surface area contributed by atoms with Crippen molar-refractivity contribution in [2.45, 2.75) is 289 Å². The van der Waals surface area contributed by atoms with Gasteiger partial charge in [0, 0.05) is 55.0 Å². The third-order valence-electron chi connectivity index (χ3n) is 19.0. The van der Waals surface area contributed by atoms with E-state index in [-0.39, 0.29) is 13.2 Å². The van der Waals surface area contributed by atoms with Crippen LogP contribution in [0.15, 0.2) is 0 Å². The van der Waals surface area contributed by atoms with Crippen LogP contribution >= 0.6 is 0 Å². The molecule has 104 heavy (non-hydrogen) atoms. The highest BCUT2D eigenvalue weighted by Gasteiger charge is 2.66. The Morgan fingerprint density at radius 2 is 0.625 bits per heavy atom. The molecule has 0 saturated carbocycles. The van der Waals surface area contributed by atoms with Gasteiger partial charge in [0.15, 0.2) is 44.0 Å². The van der Waals surface area contributed by atoms with Gasteiger partial charge < -0.3 is 184 Å². The number of hydrogen-bond acceptors (Lipinski definition) is 37. The number of rotatable bonds is 27. The molecule has 37 atom stereocenters. The lowest BCUT2D eigenvalue weighted by Gasteiger charge is -2.52. The van der Waals surface area contributed by atoms with Crippen molar-refractivity contribution in [3.63, 3.8) is 0 Å². The fourth-order valence-corrected chi connectivity index (χ4v) is 14.0. The van der Waals surface area contributed by atoms with Gasteiger partial charge in [-0.2, -0.15) is 0 Å². The van der Waals surface area contributed by atoms with E-state index >= 15 is 0 Å². The molecule has 0 aromatic carbocycles. The van der Waals surface area contributed by atoms with Crippen molar-refractivity contribution in [2.75, 3.05) is 46.2 Å². The van der Waals surface area contributed by atoms with E-state index < -0.39 is 301 Å². The van der Waals surface area contributed by atoms with Crippen LogP contribution < -0.4 is 32.3 Å². The largest absolute Gasteiger partial charge is 0.477 e. The molecule has 9 rings (SSSR count). The fraction of sp³-hybridized carbons (Fsp3) is 0.883. The van der Waals surface area contributed by atoms with Crippen molar-refractivity contribution in [3.8, 4) is 0 Å². The number of hydrogen-bond donors (Lipinski definition) is 19. The van der Waals surface area contributed by atoms with E-state index in [2.05, 4.69) is 26.6 Å². The summed E-state index contributed by atoms with van der Waals surface area (Å²) in [5.74, 6) is -12.5. The lowest BCUT2D eigenvalue weighted by molar-refractivity contribution is -0.370. The van der Waals surface area contributed by atoms with Crippen LogP contribution in [0.5, 0.6) is 0 Å². The van der Waals surface area contributed by atoms with Crippen molar-refractivity contribution >= 4 is 41.5 Å². The van der Waals surface area contributed by atoms with Gasteiger partial charge in [0.1, 0.15) is 158 Å². The van der Waals surface area contributed by atoms with E-state index in [9.17, 15) is 99.9 Å². The summed E-state index contributed by atoms with van der Waals surface area (Å²) in [6.07, 6.45) is -52.5. The van der Waals surface area contributed by atoms with Gasteiger partial charge in [0.25, 0.3) is 11.6 Å². The van der Waals surface area contributed by atoms with Crippen LogP contribution in [-0.4, -0.2) is 380 Å². The first-order valence-corrected chi connectivity index (χ1v) is 33.5. The van der Waals surface area contributed by atoms with Gasteiger partial charge in [-0.15, -0.1) is 0 Å². The number of carboxylic acid groups (broad SMARTS) is 2.